The van der Waals surface area contributed by atoms with Crippen LogP contribution in [0.5, 0.6) is 0 Å². The Kier molecular flexibility index (Phi) is 6.41. The summed E-state index contributed by atoms with van der Waals surface area (Å²) in [6, 6.07) is 0. The first-order chi connectivity index (χ1) is 6.24. The number of hydrogen-bond donors (Lipinski definition) is 4. The lowest BCUT2D eigenvalue weighted by Crippen LogP contribution is -2.80. The average molecular weight is 342 g/mol. The van der Waals surface area contributed by atoms with E-state index in [2.05, 4.69) is 0 Å². The molecular formula is C10H24Cl4N4. The van der Waals surface area contributed by atoms with Crippen molar-refractivity contribution >= 4 is 49.6 Å². The summed E-state index contributed by atoms with van der Waals surface area (Å²) in [7, 11) is 0. The second-order valence-corrected chi connectivity index (χ2v) is 6.51. The zero-order valence-corrected chi connectivity index (χ0v) is 13.5. The highest BCUT2D eigenvalue weighted by Gasteiger charge is 2.64. The number of halogens is 4. The molecule has 0 radical (unpaired) electrons. The fourth-order valence-electron chi connectivity index (χ4n) is 4.96. The van der Waals surface area contributed by atoms with Crippen molar-refractivity contribution in [1.29, 1.82) is 0 Å². The third-order valence-electron chi connectivity index (χ3n) is 4.22. The van der Waals surface area contributed by atoms with Crippen LogP contribution in [-0.4, -0.2) is 22.2 Å². The smallest absolute Gasteiger partial charge is 0.0207 e. The molecule has 4 fully saturated rings. The minimum absolute atomic E-state index is 0. The molecule has 8 heteroatoms. The number of hydrogen-bond acceptors (Lipinski definition) is 4. The van der Waals surface area contributed by atoms with Gasteiger partial charge in [0.25, 0.3) is 0 Å². The van der Waals surface area contributed by atoms with E-state index in [9.17, 15) is 0 Å². The molecule has 8 N–H and O–H groups in total. The van der Waals surface area contributed by atoms with Crippen LogP contribution in [0.3, 0.4) is 0 Å². The Hall–Kier alpha value is 1.000. The van der Waals surface area contributed by atoms with Gasteiger partial charge in [0.05, 0.1) is 0 Å². The summed E-state index contributed by atoms with van der Waals surface area (Å²) >= 11 is 0. The Labute approximate surface area is 133 Å². The van der Waals surface area contributed by atoms with Crippen LogP contribution in [-0.2, 0) is 0 Å². The molecule has 0 saturated heterocycles. The standard InChI is InChI=1S/C10H20N4.4ClH/c11-7-1-8(12)4-9(13,2-7)6-10(14,3-7)5-8;;;;/h1-6,11-14H2;4*1H. The topological polar surface area (TPSA) is 104 Å². The lowest BCUT2D eigenvalue weighted by atomic mass is 9.45. The van der Waals surface area contributed by atoms with Crippen molar-refractivity contribution in [3.63, 3.8) is 0 Å². The van der Waals surface area contributed by atoms with Gasteiger partial charge in [-0.3, -0.25) is 0 Å². The molecule has 0 aromatic heterocycles. The van der Waals surface area contributed by atoms with E-state index < -0.39 is 0 Å². The van der Waals surface area contributed by atoms with Gasteiger partial charge in [-0.15, -0.1) is 49.6 Å². The van der Waals surface area contributed by atoms with E-state index in [1.54, 1.807) is 0 Å². The molecule has 0 aliphatic heterocycles. The van der Waals surface area contributed by atoms with Gasteiger partial charge < -0.3 is 22.9 Å². The molecule has 0 atom stereocenters. The Balaban J connectivity index is 0. The van der Waals surface area contributed by atoms with Gasteiger partial charge >= 0.3 is 0 Å². The highest BCUT2D eigenvalue weighted by molar-refractivity contribution is 5.86. The third kappa shape index (κ3) is 3.18. The highest BCUT2D eigenvalue weighted by atomic mass is 35.5. The lowest BCUT2D eigenvalue weighted by Gasteiger charge is -2.67. The Morgan fingerprint density at radius 2 is 0.500 bits per heavy atom. The van der Waals surface area contributed by atoms with Crippen molar-refractivity contribution < 1.29 is 0 Å². The normalized spacial score (nSPS) is 51.3. The van der Waals surface area contributed by atoms with Gasteiger partial charge in [0, 0.05) is 22.2 Å². The SMILES string of the molecule is Cl.Cl.Cl.Cl.NC12CC3(N)CC(N)(C1)CC(N)(C2)C3. The largest absolute Gasteiger partial charge is 0.325 e. The van der Waals surface area contributed by atoms with E-state index in [0.717, 1.165) is 38.5 Å². The molecule has 0 aromatic rings. The molecule has 112 valence electrons. The predicted octanol–water partition coefficient (Wildman–Crippen LogP) is 0.845. The molecule has 0 heterocycles. The number of nitrogens with two attached hydrogens (primary N) is 4. The van der Waals surface area contributed by atoms with Crippen LogP contribution in [0, 0.1) is 0 Å². The van der Waals surface area contributed by atoms with Crippen LogP contribution >= 0.6 is 49.6 Å². The molecule has 0 spiro atoms. The summed E-state index contributed by atoms with van der Waals surface area (Å²) in [4.78, 5) is 0. The van der Waals surface area contributed by atoms with E-state index in [4.69, 9.17) is 22.9 Å². The summed E-state index contributed by atoms with van der Waals surface area (Å²) < 4.78 is 0. The van der Waals surface area contributed by atoms with Gasteiger partial charge in [-0.05, 0) is 38.5 Å². The molecule has 4 bridgehead atoms. The van der Waals surface area contributed by atoms with Gasteiger partial charge in [0.2, 0.25) is 0 Å². The number of rotatable bonds is 0. The fourth-order valence-corrected chi connectivity index (χ4v) is 4.96. The maximum atomic E-state index is 6.34. The van der Waals surface area contributed by atoms with Crippen LogP contribution in [0.15, 0.2) is 0 Å². The maximum Gasteiger partial charge on any atom is 0.0207 e. The Bertz CT molecular complexity index is 219. The average Bonchev–Trinajstić information content (AvgIpc) is 1.67. The fraction of sp³-hybridized carbons (Fsp3) is 1.00. The second-order valence-electron chi connectivity index (χ2n) is 6.51. The quantitative estimate of drug-likeness (QED) is 0.524. The molecule has 0 aromatic carbocycles. The molecule has 4 rings (SSSR count). The summed E-state index contributed by atoms with van der Waals surface area (Å²) in [5, 5.41) is 0. The van der Waals surface area contributed by atoms with Gasteiger partial charge in [0.15, 0.2) is 0 Å². The summed E-state index contributed by atoms with van der Waals surface area (Å²) in [6.07, 6.45) is 5.40. The van der Waals surface area contributed by atoms with E-state index >= 15 is 0 Å². The van der Waals surface area contributed by atoms with E-state index in [1.165, 1.54) is 0 Å². The lowest BCUT2D eigenvalue weighted by molar-refractivity contribution is -0.0485. The van der Waals surface area contributed by atoms with Crippen molar-refractivity contribution in [3.05, 3.63) is 0 Å². The minimum atomic E-state index is -0.188. The summed E-state index contributed by atoms with van der Waals surface area (Å²) in [5.41, 5.74) is 24.6. The molecule has 0 unspecified atom stereocenters. The molecule has 0 amide bonds. The molecule has 4 nitrogen and oxygen atoms in total. The molecular weight excluding hydrogens is 318 g/mol. The Morgan fingerprint density at radius 3 is 0.611 bits per heavy atom. The van der Waals surface area contributed by atoms with E-state index in [0.29, 0.717) is 0 Å². The van der Waals surface area contributed by atoms with E-state index in [1.807, 2.05) is 0 Å². The molecule has 4 aliphatic rings. The molecule has 18 heavy (non-hydrogen) atoms. The first-order valence-electron chi connectivity index (χ1n) is 5.40. The first-order valence-corrected chi connectivity index (χ1v) is 5.40. The van der Waals surface area contributed by atoms with Crippen molar-refractivity contribution in [2.45, 2.75) is 60.7 Å². The summed E-state index contributed by atoms with van der Waals surface area (Å²) in [6.45, 7) is 0. The van der Waals surface area contributed by atoms with E-state index in [-0.39, 0.29) is 71.8 Å². The second kappa shape index (κ2) is 5.41. The van der Waals surface area contributed by atoms with Gasteiger partial charge in [-0.2, -0.15) is 0 Å². The van der Waals surface area contributed by atoms with Crippen molar-refractivity contribution in [1.82, 2.24) is 0 Å². The highest BCUT2D eigenvalue weighted by Crippen LogP contribution is 2.57. The maximum absolute atomic E-state index is 6.34. The summed E-state index contributed by atoms with van der Waals surface area (Å²) in [5.74, 6) is 0. The molecule has 4 saturated carbocycles. The third-order valence-corrected chi connectivity index (χ3v) is 4.22. The Morgan fingerprint density at radius 1 is 0.389 bits per heavy atom. The van der Waals surface area contributed by atoms with Crippen molar-refractivity contribution in [2.24, 2.45) is 22.9 Å². The monoisotopic (exact) mass is 340 g/mol. The van der Waals surface area contributed by atoms with Crippen LogP contribution in [0.2, 0.25) is 0 Å². The minimum Gasteiger partial charge on any atom is -0.325 e. The van der Waals surface area contributed by atoms with Gasteiger partial charge in [0.1, 0.15) is 0 Å². The van der Waals surface area contributed by atoms with Crippen molar-refractivity contribution in [3.8, 4) is 0 Å². The molecule has 4 aliphatic carbocycles. The van der Waals surface area contributed by atoms with Gasteiger partial charge in [-0.25, -0.2) is 0 Å². The first kappa shape index (κ1) is 21.3. The van der Waals surface area contributed by atoms with Gasteiger partial charge in [-0.1, -0.05) is 0 Å². The zero-order valence-electron chi connectivity index (χ0n) is 10.2. The van der Waals surface area contributed by atoms with Crippen LogP contribution < -0.4 is 22.9 Å². The zero-order chi connectivity index (χ0) is 10.2. The van der Waals surface area contributed by atoms with Crippen molar-refractivity contribution in [2.75, 3.05) is 0 Å². The van der Waals surface area contributed by atoms with Crippen LogP contribution in [0.4, 0.5) is 0 Å². The van der Waals surface area contributed by atoms with Crippen LogP contribution in [0.25, 0.3) is 0 Å². The predicted molar refractivity (Wildman–Crippen MR) is 84.4 cm³/mol. The van der Waals surface area contributed by atoms with Crippen LogP contribution in [0.1, 0.15) is 38.5 Å².